The molecule has 0 aliphatic carbocycles. The molecule has 7 heteroatoms. The fourth-order valence-electron chi connectivity index (χ4n) is 3.51. The summed E-state index contributed by atoms with van der Waals surface area (Å²) in [7, 11) is -3.48. The number of amides is 1. The first kappa shape index (κ1) is 22.3. The average Bonchev–Trinajstić information content (AvgIpc) is 2.75. The Kier molecular flexibility index (Phi) is 7.15. The molecule has 1 atom stereocenters. The van der Waals surface area contributed by atoms with Gasteiger partial charge < -0.3 is 10.1 Å². The van der Waals surface area contributed by atoms with Crippen molar-refractivity contribution in [1.29, 1.82) is 0 Å². The Bertz CT molecular complexity index is 981. The highest BCUT2D eigenvalue weighted by atomic mass is 32.2. The molecule has 3 rings (SSSR count). The summed E-state index contributed by atoms with van der Waals surface area (Å²) in [5.41, 5.74) is 2.66. The summed E-state index contributed by atoms with van der Waals surface area (Å²) in [6.07, 6.45) is 2.74. The summed E-state index contributed by atoms with van der Waals surface area (Å²) in [6, 6.07) is 12.1. The molecule has 1 amide bonds. The molecule has 0 spiro atoms. The second kappa shape index (κ2) is 9.62. The molecule has 0 saturated carbocycles. The molecule has 1 fully saturated rings. The second-order valence-corrected chi connectivity index (χ2v) is 9.63. The number of carbonyl (C=O) groups excluding carboxylic acids is 1. The molecule has 1 unspecified atom stereocenters. The first-order valence-electron chi connectivity index (χ1n) is 10.5. The van der Waals surface area contributed by atoms with Crippen LogP contribution in [0.5, 0.6) is 5.75 Å². The highest BCUT2D eigenvalue weighted by Gasteiger charge is 2.26. The molecule has 30 heavy (non-hydrogen) atoms. The molecule has 1 aliphatic heterocycles. The van der Waals surface area contributed by atoms with E-state index in [0.29, 0.717) is 30.9 Å². The predicted octanol–water partition coefficient (Wildman–Crippen LogP) is 4.27. The molecule has 1 saturated heterocycles. The molecule has 1 N–H and O–H groups in total. The van der Waals surface area contributed by atoms with Crippen molar-refractivity contribution in [3.8, 4) is 5.75 Å². The van der Waals surface area contributed by atoms with Gasteiger partial charge in [0.05, 0.1) is 4.90 Å². The van der Waals surface area contributed by atoms with Crippen LogP contribution in [0.3, 0.4) is 0 Å². The van der Waals surface area contributed by atoms with E-state index < -0.39 is 16.1 Å². The zero-order chi connectivity index (χ0) is 21.7. The highest BCUT2D eigenvalue weighted by molar-refractivity contribution is 7.89. The summed E-state index contributed by atoms with van der Waals surface area (Å²) in [5.74, 6) is 0.435. The van der Waals surface area contributed by atoms with Crippen molar-refractivity contribution in [2.45, 2.75) is 57.5 Å². The Morgan fingerprint density at radius 1 is 1.07 bits per heavy atom. The fraction of sp³-hybridized carbons (Fsp3) is 0.435. The van der Waals surface area contributed by atoms with Crippen LogP contribution in [0.25, 0.3) is 0 Å². The maximum Gasteiger partial charge on any atom is 0.265 e. The maximum atomic E-state index is 12.8. The van der Waals surface area contributed by atoms with E-state index in [1.54, 1.807) is 24.3 Å². The summed E-state index contributed by atoms with van der Waals surface area (Å²) in [4.78, 5) is 13.0. The molecular formula is C23H30N2O4S. The van der Waals surface area contributed by atoms with Crippen LogP contribution in [0.1, 0.15) is 43.7 Å². The number of hydrogen-bond donors (Lipinski definition) is 1. The number of nitrogens with one attached hydrogen (secondary N) is 1. The van der Waals surface area contributed by atoms with Gasteiger partial charge in [-0.25, -0.2) is 8.42 Å². The summed E-state index contributed by atoms with van der Waals surface area (Å²) in [6.45, 7) is 6.99. The van der Waals surface area contributed by atoms with E-state index in [9.17, 15) is 13.2 Å². The Hall–Kier alpha value is -2.38. The average molecular weight is 431 g/mol. The van der Waals surface area contributed by atoms with E-state index in [0.717, 1.165) is 30.4 Å². The van der Waals surface area contributed by atoms with Crippen molar-refractivity contribution >= 4 is 21.6 Å². The van der Waals surface area contributed by atoms with Gasteiger partial charge in [-0.2, -0.15) is 4.31 Å². The third-order valence-electron chi connectivity index (χ3n) is 5.56. The number of rotatable bonds is 7. The van der Waals surface area contributed by atoms with Crippen molar-refractivity contribution in [2.24, 2.45) is 0 Å². The van der Waals surface area contributed by atoms with Gasteiger partial charge in [0.15, 0.2) is 6.10 Å². The number of ether oxygens (including phenoxy) is 1. The van der Waals surface area contributed by atoms with Gasteiger partial charge in [0, 0.05) is 18.8 Å². The molecule has 2 aromatic carbocycles. The lowest BCUT2D eigenvalue weighted by Gasteiger charge is -2.26. The molecule has 0 aromatic heterocycles. The lowest BCUT2D eigenvalue weighted by atomic mass is 10.1. The Morgan fingerprint density at radius 3 is 2.37 bits per heavy atom. The Balaban J connectivity index is 1.67. The number of aryl methyl sites for hydroxylation is 1. The van der Waals surface area contributed by atoms with Crippen LogP contribution < -0.4 is 10.1 Å². The standard InChI is InChI=1S/C23H30N2O4S/c1-4-21(29-22-10-8-9-17(2)18(22)3)23(26)24-19-11-13-20(14-12-19)30(27,28)25-15-6-5-7-16-25/h8-14,21H,4-7,15-16H2,1-3H3,(H,24,26). The van der Waals surface area contributed by atoms with Gasteiger partial charge in [0.2, 0.25) is 10.0 Å². The number of carbonyl (C=O) groups is 1. The number of hydrogen-bond acceptors (Lipinski definition) is 4. The third kappa shape index (κ3) is 5.02. The number of nitrogens with zero attached hydrogens (tertiary/aromatic N) is 1. The smallest absolute Gasteiger partial charge is 0.265 e. The number of sulfonamides is 1. The van der Waals surface area contributed by atoms with Crippen LogP contribution in [0.4, 0.5) is 5.69 Å². The van der Waals surface area contributed by atoms with Crippen molar-refractivity contribution < 1.29 is 17.9 Å². The fourth-order valence-corrected chi connectivity index (χ4v) is 5.03. The minimum absolute atomic E-state index is 0.251. The quantitative estimate of drug-likeness (QED) is 0.712. The second-order valence-electron chi connectivity index (χ2n) is 7.69. The molecule has 162 valence electrons. The lowest BCUT2D eigenvalue weighted by molar-refractivity contribution is -0.122. The monoisotopic (exact) mass is 430 g/mol. The Labute approximate surface area is 179 Å². The van der Waals surface area contributed by atoms with Crippen LogP contribution in [-0.4, -0.2) is 37.8 Å². The van der Waals surface area contributed by atoms with Gasteiger partial charge in [-0.1, -0.05) is 25.5 Å². The molecule has 0 radical (unpaired) electrons. The largest absolute Gasteiger partial charge is 0.480 e. The van der Waals surface area contributed by atoms with E-state index >= 15 is 0 Å². The minimum atomic E-state index is -3.48. The molecule has 1 aliphatic rings. The van der Waals surface area contributed by atoms with Crippen molar-refractivity contribution in [1.82, 2.24) is 4.31 Å². The summed E-state index contributed by atoms with van der Waals surface area (Å²) >= 11 is 0. The molecule has 6 nitrogen and oxygen atoms in total. The van der Waals surface area contributed by atoms with Crippen molar-refractivity contribution in [3.05, 3.63) is 53.6 Å². The third-order valence-corrected chi connectivity index (χ3v) is 7.47. The molecule has 1 heterocycles. The normalized spacial score (nSPS) is 16.1. The lowest BCUT2D eigenvalue weighted by Crippen LogP contribution is -2.35. The topological polar surface area (TPSA) is 75.7 Å². The number of anilines is 1. The van der Waals surface area contributed by atoms with E-state index in [1.165, 1.54) is 4.31 Å². The highest BCUT2D eigenvalue weighted by Crippen LogP contribution is 2.24. The summed E-state index contributed by atoms with van der Waals surface area (Å²) < 4.78 is 33.0. The predicted molar refractivity (Wildman–Crippen MR) is 118 cm³/mol. The maximum absolute atomic E-state index is 12.8. The Morgan fingerprint density at radius 2 is 1.73 bits per heavy atom. The van der Waals surface area contributed by atoms with Crippen LogP contribution in [-0.2, 0) is 14.8 Å². The van der Waals surface area contributed by atoms with Gasteiger partial charge in [-0.05, 0) is 74.6 Å². The number of benzene rings is 2. The zero-order valence-electron chi connectivity index (χ0n) is 17.8. The van der Waals surface area contributed by atoms with Crippen molar-refractivity contribution in [2.75, 3.05) is 18.4 Å². The molecule has 2 aromatic rings. The van der Waals surface area contributed by atoms with Crippen LogP contribution >= 0.6 is 0 Å². The zero-order valence-corrected chi connectivity index (χ0v) is 18.7. The van der Waals surface area contributed by atoms with E-state index in [2.05, 4.69) is 5.32 Å². The SMILES string of the molecule is CCC(Oc1cccc(C)c1C)C(=O)Nc1ccc(S(=O)(=O)N2CCCCC2)cc1. The van der Waals surface area contributed by atoms with Gasteiger partial charge in [0.25, 0.3) is 5.91 Å². The van der Waals surface area contributed by atoms with Crippen LogP contribution in [0.15, 0.2) is 47.4 Å². The van der Waals surface area contributed by atoms with Crippen LogP contribution in [0, 0.1) is 13.8 Å². The van der Waals surface area contributed by atoms with E-state index in [-0.39, 0.29) is 10.8 Å². The van der Waals surface area contributed by atoms with Crippen LogP contribution in [0.2, 0.25) is 0 Å². The first-order valence-corrected chi connectivity index (χ1v) is 11.9. The van der Waals surface area contributed by atoms with E-state index in [1.807, 2.05) is 39.0 Å². The van der Waals surface area contributed by atoms with Gasteiger partial charge in [-0.3, -0.25) is 4.79 Å². The summed E-state index contributed by atoms with van der Waals surface area (Å²) in [5, 5.41) is 2.83. The van der Waals surface area contributed by atoms with Crippen molar-refractivity contribution in [3.63, 3.8) is 0 Å². The molecular weight excluding hydrogens is 400 g/mol. The number of piperidine rings is 1. The van der Waals surface area contributed by atoms with Gasteiger partial charge in [-0.15, -0.1) is 0 Å². The van der Waals surface area contributed by atoms with Gasteiger partial charge in [0.1, 0.15) is 5.75 Å². The minimum Gasteiger partial charge on any atom is -0.480 e. The van der Waals surface area contributed by atoms with Gasteiger partial charge >= 0.3 is 0 Å². The van der Waals surface area contributed by atoms with E-state index in [4.69, 9.17) is 4.74 Å². The molecule has 0 bridgehead atoms. The first-order chi connectivity index (χ1) is 14.3.